The zero-order valence-electron chi connectivity index (χ0n) is 10.1. The molecular weight excluding hydrogens is 254 g/mol. The Kier molecular flexibility index (Phi) is 3.62. The fourth-order valence-corrected chi connectivity index (χ4v) is 1.53. The van der Waals surface area contributed by atoms with Crippen molar-refractivity contribution < 1.29 is 9.53 Å². The van der Waals surface area contributed by atoms with Crippen molar-refractivity contribution >= 4 is 17.6 Å². The molecule has 0 aliphatic rings. The molecule has 0 bridgehead atoms. The van der Waals surface area contributed by atoms with Crippen molar-refractivity contribution in [3.8, 4) is 0 Å². The molecule has 6 heteroatoms. The van der Waals surface area contributed by atoms with E-state index in [0.717, 1.165) is 11.3 Å². The Bertz CT molecular complexity index is 563. The van der Waals surface area contributed by atoms with E-state index in [1.807, 2.05) is 6.92 Å². The van der Waals surface area contributed by atoms with Crippen LogP contribution in [0.2, 0.25) is 5.15 Å². The number of aryl methyl sites for hydroxylation is 1. The molecule has 0 amide bonds. The van der Waals surface area contributed by atoms with E-state index >= 15 is 0 Å². The topological polar surface area (TPSA) is 57.0 Å². The van der Waals surface area contributed by atoms with Crippen LogP contribution < -0.4 is 0 Å². The maximum absolute atomic E-state index is 11.8. The maximum Gasteiger partial charge on any atom is 0.341 e. The number of carbonyl (C=O) groups is 1. The largest absolute Gasteiger partial charge is 0.457 e. The molecule has 5 nitrogen and oxygen atoms in total. The van der Waals surface area contributed by atoms with E-state index in [2.05, 4.69) is 10.1 Å². The summed E-state index contributed by atoms with van der Waals surface area (Å²) in [6.07, 6.45) is 3.07. The van der Waals surface area contributed by atoms with Gasteiger partial charge < -0.3 is 4.74 Å². The third-order valence-electron chi connectivity index (χ3n) is 2.61. The van der Waals surface area contributed by atoms with E-state index in [1.165, 1.54) is 6.20 Å². The summed E-state index contributed by atoms with van der Waals surface area (Å²) >= 11 is 5.66. The van der Waals surface area contributed by atoms with Crippen LogP contribution in [0.5, 0.6) is 0 Å². The van der Waals surface area contributed by atoms with Crippen LogP contribution in [0.4, 0.5) is 0 Å². The van der Waals surface area contributed by atoms with Gasteiger partial charge in [-0.1, -0.05) is 17.7 Å². The van der Waals surface area contributed by atoms with Gasteiger partial charge >= 0.3 is 5.97 Å². The number of esters is 1. The molecule has 94 valence electrons. The highest BCUT2D eigenvalue weighted by Crippen LogP contribution is 2.10. The summed E-state index contributed by atoms with van der Waals surface area (Å²) in [7, 11) is 1.77. The summed E-state index contributed by atoms with van der Waals surface area (Å²) < 4.78 is 6.80. The zero-order valence-corrected chi connectivity index (χ0v) is 10.8. The Labute approximate surface area is 109 Å². The molecule has 0 radical (unpaired) electrons. The number of aromatic nitrogens is 3. The van der Waals surface area contributed by atoms with Crippen LogP contribution in [0.25, 0.3) is 0 Å². The summed E-state index contributed by atoms with van der Waals surface area (Å²) in [5.74, 6) is -0.393. The molecule has 0 aliphatic carbocycles. The first-order chi connectivity index (χ1) is 8.58. The van der Waals surface area contributed by atoms with Crippen molar-refractivity contribution in [1.82, 2.24) is 14.8 Å². The fraction of sp³-hybridized carbons (Fsp3) is 0.250. The highest BCUT2D eigenvalue weighted by molar-refractivity contribution is 6.29. The number of halogens is 1. The number of hydrogen-bond acceptors (Lipinski definition) is 4. The van der Waals surface area contributed by atoms with E-state index in [1.54, 1.807) is 30.1 Å². The molecule has 0 unspecified atom stereocenters. The molecule has 2 rings (SSSR count). The second-order valence-corrected chi connectivity index (χ2v) is 4.22. The van der Waals surface area contributed by atoms with E-state index < -0.39 is 5.97 Å². The van der Waals surface area contributed by atoms with Crippen molar-refractivity contribution in [3.63, 3.8) is 0 Å². The first kappa shape index (κ1) is 12.6. The molecule has 0 atom stereocenters. The van der Waals surface area contributed by atoms with Gasteiger partial charge in [-0.05, 0) is 13.0 Å². The quantitative estimate of drug-likeness (QED) is 0.630. The van der Waals surface area contributed by atoms with Gasteiger partial charge in [-0.3, -0.25) is 4.68 Å². The smallest absolute Gasteiger partial charge is 0.341 e. The van der Waals surface area contributed by atoms with Gasteiger partial charge in [0.15, 0.2) is 0 Å². The molecule has 2 aromatic heterocycles. The van der Waals surface area contributed by atoms with Crippen LogP contribution in [0.1, 0.15) is 21.6 Å². The van der Waals surface area contributed by atoms with Gasteiger partial charge in [-0.15, -0.1) is 0 Å². The van der Waals surface area contributed by atoms with Gasteiger partial charge in [0.25, 0.3) is 0 Å². The fourth-order valence-electron chi connectivity index (χ4n) is 1.42. The molecule has 0 spiro atoms. The second kappa shape index (κ2) is 5.18. The molecule has 0 saturated heterocycles. The van der Waals surface area contributed by atoms with Crippen molar-refractivity contribution in [2.24, 2.45) is 7.05 Å². The van der Waals surface area contributed by atoms with Crippen LogP contribution >= 0.6 is 11.6 Å². The standard InChI is InChI=1S/C12H12ClN3O2/c1-8-10(6-15-16(8)2)12(17)18-7-9-3-4-11(13)14-5-9/h3-6H,7H2,1-2H3. The predicted octanol–water partition coefficient (Wildman–Crippen LogP) is 2.13. The lowest BCUT2D eigenvalue weighted by atomic mass is 10.2. The summed E-state index contributed by atoms with van der Waals surface area (Å²) in [5, 5.41) is 4.40. The average molecular weight is 266 g/mol. The monoisotopic (exact) mass is 265 g/mol. The van der Waals surface area contributed by atoms with Gasteiger partial charge in [0.05, 0.1) is 6.20 Å². The van der Waals surface area contributed by atoms with Gasteiger partial charge in [0.2, 0.25) is 0 Å². The van der Waals surface area contributed by atoms with E-state index in [9.17, 15) is 4.79 Å². The van der Waals surface area contributed by atoms with E-state index in [4.69, 9.17) is 16.3 Å². The Morgan fingerprint density at radius 2 is 2.22 bits per heavy atom. The zero-order chi connectivity index (χ0) is 13.1. The molecule has 0 saturated carbocycles. The average Bonchev–Trinajstić information content (AvgIpc) is 2.69. The molecule has 2 heterocycles. The first-order valence-electron chi connectivity index (χ1n) is 5.34. The predicted molar refractivity (Wildman–Crippen MR) is 66.3 cm³/mol. The summed E-state index contributed by atoms with van der Waals surface area (Å²) in [5.41, 5.74) is 2.03. The summed E-state index contributed by atoms with van der Waals surface area (Å²) in [4.78, 5) is 15.7. The van der Waals surface area contributed by atoms with Crippen LogP contribution in [-0.4, -0.2) is 20.7 Å². The van der Waals surface area contributed by atoms with Gasteiger partial charge in [0, 0.05) is 24.5 Å². The van der Waals surface area contributed by atoms with Crippen molar-refractivity contribution in [2.45, 2.75) is 13.5 Å². The minimum absolute atomic E-state index is 0.164. The molecule has 18 heavy (non-hydrogen) atoms. The highest BCUT2D eigenvalue weighted by Gasteiger charge is 2.14. The number of hydrogen-bond donors (Lipinski definition) is 0. The number of ether oxygens (including phenoxy) is 1. The normalized spacial score (nSPS) is 10.4. The lowest BCUT2D eigenvalue weighted by Crippen LogP contribution is -2.07. The Hall–Kier alpha value is -1.88. The minimum atomic E-state index is -0.393. The second-order valence-electron chi connectivity index (χ2n) is 3.83. The van der Waals surface area contributed by atoms with Gasteiger partial charge in [-0.2, -0.15) is 5.10 Å². The van der Waals surface area contributed by atoms with Gasteiger partial charge in [0.1, 0.15) is 17.3 Å². The van der Waals surface area contributed by atoms with Crippen LogP contribution in [0, 0.1) is 6.92 Å². The van der Waals surface area contributed by atoms with Crippen molar-refractivity contribution in [1.29, 1.82) is 0 Å². The maximum atomic E-state index is 11.8. The first-order valence-corrected chi connectivity index (χ1v) is 5.72. The van der Waals surface area contributed by atoms with Crippen LogP contribution in [-0.2, 0) is 18.4 Å². The van der Waals surface area contributed by atoms with Crippen LogP contribution in [0.3, 0.4) is 0 Å². The Balaban J connectivity index is 2.00. The number of carbonyl (C=O) groups excluding carboxylic acids is 1. The minimum Gasteiger partial charge on any atom is -0.457 e. The van der Waals surface area contributed by atoms with Gasteiger partial charge in [-0.25, -0.2) is 9.78 Å². The third-order valence-corrected chi connectivity index (χ3v) is 2.84. The van der Waals surface area contributed by atoms with Crippen molar-refractivity contribution in [3.05, 3.63) is 46.5 Å². The molecule has 0 aliphatic heterocycles. The molecule has 0 N–H and O–H groups in total. The molecular formula is C12H12ClN3O2. The number of nitrogens with zero attached hydrogens (tertiary/aromatic N) is 3. The lowest BCUT2D eigenvalue weighted by Gasteiger charge is -2.04. The molecule has 0 aromatic carbocycles. The van der Waals surface area contributed by atoms with Crippen molar-refractivity contribution in [2.75, 3.05) is 0 Å². The Morgan fingerprint density at radius 3 is 2.78 bits per heavy atom. The third kappa shape index (κ3) is 2.68. The molecule has 0 fully saturated rings. The lowest BCUT2D eigenvalue weighted by molar-refractivity contribution is 0.0471. The number of rotatable bonds is 3. The number of pyridine rings is 1. The SMILES string of the molecule is Cc1c(C(=O)OCc2ccc(Cl)nc2)cnn1C. The summed E-state index contributed by atoms with van der Waals surface area (Å²) in [6.45, 7) is 1.98. The molecule has 2 aromatic rings. The van der Waals surface area contributed by atoms with Crippen LogP contribution in [0.15, 0.2) is 24.5 Å². The Morgan fingerprint density at radius 1 is 1.44 bits per heavy atom. The highest BCUT2D eigenvalue weighted by atomic mass is 35.5. The summed E-state index contributed by atoms with van der Waals surface area (Å²) in [6, 6.07) is 3.42. The van der Waals surface area contributed by atoms with E-state index in [-0.39, 0.29) is 6.61 Å². The van der Waals surface area contributed by atoms with E-state index in [0.29, 0.717) is 10.7 Å².